The lowest BCUT2D eigenvalue weighted by atomic mass is 10.1. The van der Waals surface area contributed by atoms with E-state index in [0.717, 1.165) is 11.1 Å². The highest BCUT2D eigenvalue weighted by atomic mass is 32.1. The molecule has 0 atom stereocenters. The molecule has 1 aromatic heterocycles. The van der Waals surface area contributed by atoms with Gasteiger partial charge in [0.1, 0.15) is 0 Å². The highest BCUT2D eigenvalue weighted by Gasteiger charge is 1.91. The number of pyridine rings is 1. The van der Waals surface area contributed by atoms with Crippen molar-refractivity contribution in [2.45, 2.75) is 52.0 Å². The summed E-state index contributed by atoms with van der Waals surface area (Å²) in [5.74, 6) is 0. The van der Waals surface area contributed by atoms with Crippen LogP contribution in [0.1, 0.15) is 45.4 Å². The number of hydrogen-bond donors (Lipinski definition) is 0. The number of aryl methyl sites for hydroxylation is 1. The van der Waals surface area contributed by atoms with Crippen molar-refractivity contribution in [3.63, 3.8) is 0 Å². The van der Waals surface area contributed by atoms with Crippen molar-refractivity contribution in [2.24, 2.45) is 0 Å². The van der Waals surface area contributed by atoms with Gasteiger partial charge in [-0.1, -0.05) is 51.2 Å². The number of nitrogens with zero attached hydrogens (tertiary/aromatic N) is 1. The van der Waals surface area contributed by atoms with Gasteiger partial charge in [0, 0.05) is 23.4 Å². The lowest BCUT2D eigenvalue weighted by Gasteiger charge is -2.05. The second-order valence-electron chi connectivity index (χ2n) is 4.04. The molecule has 0 aliphatic carbocycles. The zero-order valence-electron chi connectivity index (χ0n) is 9.61. The van der Waals surface area contributed by atoms with Gasteiger partial charge in [0.05, 0.1) is 0 Å². The Kier molecular flexibility index (Phi) is 6.33. The van der Waals surface area contributed by atoms with E-state index in [1.54, 1.807) is 0 Å². The second-order valence-corrected chi connectivity index (χ2v) is 4.51. The molecule has 0 amide bonds. The molecule has 0 saturated carbocycles. The van der Waals surface area contributed by atoms with Crippen LogP contribution in [0.2, 0.25) is 0 Å². The van der Waals surface area contributed by atoms with Crippen LogP contribution in [0.3, 0.4) is 0 Å². The molecule has 2 heteroatoms. The van der Waals surface area contributed by atoms with E-state index in [1.807, 2.05) is 12.1 Å². The topological polar surface area (TPSA) is 4.93 Å². The zero-order chi connectivity index (χ0) is 10.9. The molecule has 0 aliphatic rings. The fraction of sp³-hybridized carbons (Fsp3) is 0.615. The van der Waals surface area contributed by atoms with Crippen LogP contribution < -0.4 is 0 Å². The maximum atomic E-state index is 5.04. The first kappa shape index (κ1) is 12.4. The van der Waals surface area contributed by atoms with E-state index >= 15 is 0 Å². The summed E-state index contributed by atoms with van der Waals surface area (Å²) in [5, 5.41) is 0. The van der Waals surface area contributed by atoms with E-state index in [1.165, 1.54) is 38.5 Å². The minimum Gasteiger partial charge on any atom is -0.354 e. The van der Waals surface area contributed by atoms with E-state index in [0.29, 0.717) is 0 Å². The van der Waals surface area contributed by atoms with E-state index in [4.69, 9.17) is 12.2 Å². The zero-order valence-corrected chi connectivity index (χ0v) is 10.4. The number of unbranched alkanes of at least 4 members (excludes halogenated alkanes) is 5. The first-order chi connectivity index (χ1) is 7.33. The first-order valence-electron chi connectivity index (χ1n) is 5.99. The molecule has 15 heavy (non-hydrogen) atoms. The van der Waals surface area contributed by atoms with Gasteiger partial charge in [-0.3, -0.25) is 0 Å². The third-order valence-corrected chi connectivity index (χ3v) is 2.90. The Hall–Kier alpha value is -0.630. The van der Waals surface area contributed by atoms with Crippen LogP contribution in [0.15, 0.2) is 24.5 Å². The smallest absolute Gasteiger partial charge is 0.0406 e. The molecule has 1 rings (SSSR count). The van der Waals surface area contributed by atoms with Gasteiger partial charge in [-0.05, 0) is 18.6 Å². The average molecular weight is 223 g/mol. The van der Waals surface area contributed by atoms with Gasteiger partial charge in [-0.15, -0.1) is 0 Å². The number of rotatable bonds is 7. The second kappa shape index (κ2) is 7.63. The Morgan fingerprint density at radius 1 is 1.00 bits per heavy atom. The van der Waals surface area contributed by atoms with Crippen molar-refractivity contribution in [2.75, 3.05) is 0 Å². The summed E-state index contributed by atoms with van der Waals surface area (Å²) in [6.07, 6.45) is 12.3. The Balaban J connectivity index is 2.10. The molecular formula is C13H21NS. The molecule has 1 aromatic rings. The van der Waals surface area contributed by atoms with Crippen LogP contribution in [0, 0.1) is 4.51 Å². The predicted octanol–water partition coefficient (Wildman–Crippen LogP) is 4.58. The molecule has 0 saturated heterocycles. The summed E-state index contributed by atoms with van der Waals surface area (Å²) in [5.41, 5.74) is 0. The normalized spacial score (nSPS) is 10.5. The van der Waals surface area contributed by atoms with Crippen molar-refractivity contribution < 1.29 is 0 Å². The maximum Gasteiger partial charge on any atom is 0.0406 e. The van der Waals surface area contributed by atoms with Gasteiger partial charge < -0.3 is 4.57 Å². The Labute approximate surface area is 98.1 Å². The van der Waals surface area contributed by atoms with Gasteiger partial charge in [0.25, 0.3) is 0 Å². The monoisotopic (exact) mass is 223 g/mol. The summed E-state index contributed by atoms with van der Waals surface area (Å²) in [7, 11) is 0. The predicted molar refractivity (Wildman–Crippen MR) is 68.6 cm³/mol. The number of aromatic nitrogens is 1. The summed E-state index contributed by atoms with van der Waals surface area (Å²) in [6.45, 7) is 3.38. The summed E-state index contributed by atoms with van der Waals surface area (Å²) in [6, 6.07) is 3.98. The summed E-state index contributed by atoms with van der Waals surface area (Å²) in [4.78, 5) is 0. The molecule has 0 fully saturated rings. The van der Waals surface area contributed by atoms with Crippen molar-refractivity contribution in [3.8, 4) is 0 Å². The highest BCUT2D eigenvalue weighted by Crippen LogP contribution is 2.06. The lowest BCUT2D eigenvalue weighted by molar-refractivity contribution is 0.556. The average Bonchev–Trinajstić information content (AvgIpc) is 2.26. The van der Waals surface area contributed by atoms with E-state index in [2.05, 4.69) is 23.9 Å². The minimum absolute atomic E-state index is 0.925. The molecule has 1 heterocycles. The molecule has 0 spiro atoms. The maximum absolute atomic E-state index is 5.04. The Bertz CT molecular complexity index is 296. The lowest BCUT2D eigenvalue weighted by Crippen LogP contribution is -1.96. The SMILES string of the molecule is CCCCCCCCn1ccc(=S)cc1. The van der Waals surface area contributed by atoms with Gasteiger partial charge in [0.2, 0.25) is 0 Å². The van der Waals surface area contributed by atoms with E-state index in [-0.39, 0.29) is 0 Å². The summed E-state index contributed by atoms with van der Waals surface area (Å²) < 4.78 is 3.14. The molecule has 0 aromatic carbocycles. The van der Waals surface area contributed by atoms with Crippen LogP contribution in [0.4, 0.5) is 0 Å². The molecule has 0 N–H and O–H groups in total. The van der Waals surface area contributed by atoms with Crippen LogP contribution in [-0.4, -0.2) is 4.57 Å². The highest BCUT2D eigenvalue weighted by molar-refractivity contribution is 7.71. The quantitative estimate of drug-likeness (QED) is 0.484. The third-order valence-electron chi connectivity index (χ3n) is 2.63. The van der Waals surface area contributed by atoms with Gasteiger partial charge in [-0.2, -0.15) is 0 Å². The van der Waals surface area contributed by atoms with Crippen LogP contribution >= 0.6 is 12.2 Å². The number of hydrogen-bond acceptors (Lipinski definition) is 1. The van der Waals surface area contributed by atoms with Crippen LogP contribution in [0.5, 0.6) is 0 Å². The van der Waals surface area contributed by atoms with Gasteiger partial charge >= 0.3 is 0 Å². The summed E-state index contributed by atoms with van der Waals surface area (Å²) >= 11 is 5.04. The molecule has 0 unspecified atom stereocenters. The molecule has 1 nitrogen and oxygen atoms in total. The van der Waals surface area contributed by atoms with Gasteiger partial charge in [0.15, 0.2) is 0 Å². The van der Waals surface area contributed by atoms with Crippen LogP contribution in [-0.2, 0) is 6.54 Å². The Morgan fingerprint density at radius 3 is 2.27 bits per heavy atom. The minimum atomic E-state index is 0.925. The van der Waals surface area contributed by atoms with Gasteiger partial charge in [-0.25, -0.2) is 0 Å². The molecule has 0 aliphatic heterocycles. The first-order valence-corrected chi connectivity index (χ1v) is 6.40. The van der Waals surface area contributed by atoms with Crippen molar-refractivity contribution in [1.29, 1.82) is 0 Å². The molecule has 84 valence electrons. The van der Waals surface area contributed by atoms with Crippen molar-refractivity contribution >= 4 is 12.2 Å². The van der Waals surface area contributed by atoms with E-state index < -0.39 is 0 Å². The Morgan fingerprint density at radius 2 is 1.60 bits per heavy atom. The molecule has 0 bridgehead atoms. The fourth-order valence-corrected chi connectivity index (χ4v) is 1.79. The van der Waals surface area contributed by atoms with E-state index in [9.17, 15) is 0 Å². The van der Waals surface area contributed by atoms with Crippen LogP contribution in [0.25, 0.3) is 0 Å². The van der Waals surface area contributed by atoms with Crippen molar-refractivity contribution in [1.82, 2.24) is 4.57 Å². The van der Waals surface area contributed by atoms with Crippen molar-refractivity contribution in [3.05, 3.63) is 29.0 Å². The largest absolute Gasteiger partial charge is 0.354 e. The fourth-order valence-electron chi connectivity index (χ4n) is 1.67. The molecule has 0 radical (unpaired) electrons. The molecular weight excluding hydrogens is 202 g/mol. The third kappa shape index (κ3) is 5.73. The standard InChI is InChI=1S/C13H21NS/c1-2-3-4-5-6-7-10-14-11-8-13(15)9-12-14/h8-9,11-12H,2-7,10H2,1H3.